The van der Waals surface area contributed by atoms with Gasteiger partial charge in [0.2, 0.25) is 0 Å². The molecule has 0 saturated carbocycles. The number of benzene rings is 13. The molecule has 98 heavy (non-hydrogen) atoms. The Morgan fingerprint density at radius 3 is 0.816 bits per heavy atom. The van der Waals surface area contributed by atoms with Crippen LogP contribution in [0.3, 0.4) is 0 Å². The fraction of sp³-hybridized carbons (Fsp3) is 0.163. The summed E-state index contributed by atoms with van der Waals surface area (Å²) >= 11 is 0. The first-order chi connectivity index (χ1) is 47.4. The lowest BCUT2D eigenvalue weighted by atomic mass is 9.78. The first-order valence-corrected chi connectivity index (χ1v) is 32.5. The zero-order valence-electron chi connectivity index (χ0n) is 55.8. The van der Waals surface area contributed by atoms with Gasteiger partial charge in [0.25, 0.3) is 0 Å². The molecule has 13 rings (SSSR count). The van der Waals surface area contributed by atoms with E-state index in [9.17, 15) is 0 Å². The Bertz CT molecular complexity index is 4750. The Labute approximate surface area is 569 Å². The molecule has 0 saturated heterocycles. The van der Waals surface area contributed by atoms with E-state index in [1.807, 2.05) is 218 Å². The SMILES string of the molecule is COc1ccc(-c2cc(C(=O)OCc3ccccc3)c3c(C(=O)OCc4ccccc4)cc(Oc4ccc(C(C)(C)C)cc4)c4c5c(-c6ccc(OC)cc6)cc(C(=O)OCc6ccccc6)c6c(C(=O)OCc7ccccc7)cc(Oc7ccc(C(C)(C)C)cc7)c(c2c34)c65)cc1. The molecule has 13 aromatic carbocycles. The molecule has 0 aliphatic rings. The van der Waals surface area contributed by atoms with Crippen LogP contribution in [-0.2, 0) is 56.2 Å². The Balaban J connectivity index is 1.27. The zero-order valence-corrected chi connectivity index (χ0v) is 55.8. The molecule has 12 nitrogen and oxygen atoms in total. The van der Waals surface area contributed by atoms with Crippen LogP contribution in [0.5, 0.6) is 34.5 Å². The number of methoxy groups -OCH3 is 2. The molecule has 488 valence electrons. The second-order valence-corrected chi connectivity index (χ2v) is 26.2. The van der Waals surface area contributed by atoms with E-state index in [-0.39, 0.29) is 81.8 Å². The lowest BCUT2D eigenvalue weighted by molar-refractivity contribution is 0.0458. The minimum atomic E-state index is -0.775. The van der Waals surface area contributed by atoms with Gasteiger partial charge >= 0.3 is 23.9 Å². The van der Waals surface area contributed by atoms with Crippen LogP contribution in [0.15, 0.2) is 243 Å². The highest BCUT2D eigenvalue weighted by atomic mass is 16.5. The van der Waals surface area contributed by atoms with Crippen LogP contribution in [0, 0.1) is 0 Å². The number of esters is 4. The van der Waals surface area contributed by atoms with Crippen LogP contribution >= 0.6 is 0 Å². The van der Waals surface area contributed by atoms with E-state index in [4.69, 9.17) is 37.9 Å². The van der Waals surface area contributed by atoms with Crippen molar-refractivity contribution in [2.75, 3.05) is 14.2 Å². The first kappa shape index (κ1) is 64.9. The second-order valence-electron chi connectivity index (χ2n) is 26.2. The third-order valence-electron chi connectivity index (χ3n) is 17.7. The molecule has 0 spiro atoms. The van der Waals surface area contributed by atoms with Gasteiger partial charge in [-0.1, -0.05) is 211 Å². The van der Waals surface area contributed by atoms with Gasteiger partial charge in [-0.2, -0.15) is 0 Å². The van der Waals surface area contributed by atoms with Crippen molar-refractivity contribution in [3.63, 3.8) is 0 Å². The zero-order chi connectivity index (χ0) is 68.2. The number of ether oxygens (including phenoxy) is 8. The third kappa shape index (κ3) is 13.5. The molecule has 0 unspecified atom stereocenters. The maximum atomic E-state index is 15.9. The van der Waals surface area contributed by atoms with Gasteiger partial charge in [0.05, 0.1) is 36.5 Å². The Morgan fingerprint density at radius 1 is 0.286 bits per heavy atom. The maximum absolute atomic E-state index is 15.9. The maximum Gasteiger partial charge on any atom is 0.339 e. The Kier molecular flexibility index (Phi) is 18.2. The lowest BCUT2D eigenvalue weighted by Gasteiger charge is -2.27. The van der Waals surface area contributed by atoms with E-state index < -0.39 is 23.9 Å². The van der Waals surface area contributed by atoms with Gasteiger partial charge < -0.3 is 37.9 Å². The summed E-state index contributed by atoms with van der Waals surface area (Å²) in [5, 5.41) is 2.67. The summed E-state index contributed by atoms with van der Waals surface area (Å²) in [4.78, 5) is 63.5. The van der Waals surface area contributed by atoms with Gasteiger partial charge in [-0.3, -0.25) is 0 Å². The van der Waals surface area contributed by atoms with Crippen molar-refractivity contribution >= 4 is 67.0 Å². The molecule has 12 heteroatoms. The number of hydrogen-bond donors (Lipinski definition) is 0. The summed E-state index contributed by atoms with van der Waals surface area (Å²) in [6.07, 6.45) is 0. The van der Waals surface area contributed by atoms with Crippen LogP contribution in [0.2, 0.25) is 0 Å². The monoisotopic (exact) mass is 1300 g/mol. The summed E-state index contributed by atoms with van der Waals surface area (Å²) in [7, 11) is 3.16. The van der Waals surface area contributed by atoms with Crippen molar-refractivity contribution in [2.24, 2.45) is 0 Å². The molecule has 13 aromatic rings. The average Bonchev–Trinajstić information content (AvgIpc) is 0.678. The summed E-state index contributed by atoms with van der Waals surface area (Å²) in [6.45, 7) is 12.3. The van der Waals surface area contributed by atoms with Crippen LogP contribution in [0.25, 0.3) is 65.3 Å². The molecule has 0 aliphatic carbocycles. The fourth-order valence-electron chi connectivity index (χ4n) is 12.5. The van der Waals surface area contributed by atoms with Gasteiger partial charge in [0.15, 0.2) is 0 Å². The number of carbonyl (C=O) groups excluding carboxylic acids is 4. The van der Waals surface area contributed by atoms with Crippen LogP contribution < -0.4 is 18.9 Å². The largest absolute Gasteiger partial charge is 0.497 e. The van der Waals surface area contributed by atoms with E-state index in [0.29, 0.717) is 77.6 Å². The standard InChI is InChI=1S/C86H72O12/c1-85(2,3)59-33-41-63(42-34-59)97-71-47-69(83(89)95-51-55-25-17-11-18-26-55)73-67(81(87)93-49-53-21-13-9-14-22-53)46-66(58-31-39-62(92-8)40-32-58)76-78-72(98-64-43-35-60(36-44-64)86(4,5)6)48-70(84(90)96-52-56-27-19-12-20-28-56)74-68(82(88)94-50-54-23-15-10-16-24-54)45-65(57-29-37-61(91-7)38-30-57)75(80(74)78)77(71)79(73)76/h9-48H,49-52H2,1-8H3. The Morgan fingerprint density at radius 2 is 0.551 bits per heavy atom. The molecule has 0 heterocycles. The van der Waals surface area contributed by atoms with Crippen molar-refractivity contribution < 1.29 is 57.1 Å². The van der Waals surface area contributed by atoms with Gasteiger partial charge in [-0.25, -0.2) is 19.2 Å². The van der Waals surface area contributed by atoms with Gasteiger partial charge in [0, 0.05) is 43.1 Å². The van der Waals surface area contributed by atoms with Crippen molar-refractivity contribution in [2.45, 2.75) is 78.8 Å². The van der Waals surface area contributed by atoms with Gasteiger partial charge in [-0.15, -0.1) is 0 Å². The molecule has 0 fully saturated rings. The predicted octanol–water partition coefficient (Wildman–Crippen LogP) is 20.7. The summed E-state index contributed by atoms with van der Waals surface area (Å²) in [5.74, 6) is -0.819. The molecule has 0 aliphatic heterocycles. The molecule has 0 radical (unpaired) electrons. The molecule has 0 atom stereocenters. The summed E-state index contributed by atoms with van der Waals surface area (Å²) in [6, 6.07) is 74.5. The number of hydrogen-bond acceptors (Lipinski definition) is 12. The van der Waals surface area contributed by atoms with E-state index in [0.717, 1.165) is 33.4 Å². The lowest BCUT2D eigenvalue weighted by Crippen LogP contribution is -2.14. The number of rotatable bonds is 20. The molecule has 0 aromatic heterocycles. The molecule has 0 amide bonds. The first-order valence-electron chi connectivity index (χ1n) is 32.5. The van der Waals surface area contributed by atoms with Crippen molar-refractivity contribution in [1.29, 1.82) is 0 Å². The summed E-state index contributed by atoms with van der Waals surface area (Å²) < 4.78 is 51.9. The second kappa shape index (κ2) is 27.5. The van der Waals surface area contributed by atoms with Gasteiger partial charge in [0.1, 0.15) is 60.9 Å². The number of carbonyl (C=O) groups is 4. The molecule has 0 N–H and O–H groups in total. The highest BCUT2D eigenvalue weighted by Crippen LogP contribution is 2.56. The van der Waals surface area contributed by atoms with Crippen molar-refractivity contribution in [1.82, 2.24) is 0 Å². The quantitative estimate of drug-likeness (QED) is 0.0310. The van der Waals surface area contributed by atoms with E-state index >= 15 is 19.2 Å². The van der Waals surface area contributed by atoms with Crippen molar-refractivity contribution in [3.8, 4) is 56.8 Å². The van der Waals surface area contributed by atoms with E-state index in [2.05, 4.69) is 41.5 Å². The minimum absolute atomic E-state index is 0.0210. The van der Waals surface area contributed by atoms with Crippen LogP contribution in [0.1, 0.15) is 116 Å². The summed E-state index contributed by atoms with van der Waals surface area (Å²) in [5.41, 5.74) is 6.64. The van der Waals surface area contributed by atoms with Crippen LogP contribution in [0.4, 0.5) is 0 Å². The van der Waals surface area contributed by atoms with Crippen LogP contribution in [-0.4, -0.2) is 38.1 Å². The van der Waals surface area contributed by atoms with Crippen molar-refractivity contribution in [3.05, 3.63) is 298 Å². The van der Waals surface area contributed by atoms with E-state index in [1.54, 1.807) is 38.5 Å². The average molecular weight is 1300 g/mol. The molecular weight excluding hydrogens is 1220 g/mol. The molecular formula is C86H72O12. The minimum Gasteiger partial charge on any atom is -0.497 e. The normalized spacial score (nSPS) is 11.6. The van der Waals surface area contributed by atoms with Gasteiger partial charge in [-0.05, 0) is 139 Å². The third-order valence-corrected chi connectivity index (χ3v) is 17.7. The van der Waals surface area contributed by atoms with E-state index in [1.165, 1.54) is 0 Å². The fourth-order valence-corrected chi connectivity index (χ4v) is 12.5. The molecule has 0 bridgehead atoms. The highest BCUT2D eigenvalue weighted by molar-refractivity contribution is 6.44. The smallest absolute Gasteiger partial charge is 0.339 e. The topological polar surface area (TPSA) is 142 Å². The number of fused-ring (bicyclic) bond motifs is 2. The highest BCUT2D eigenvalue weighted by Gasteiger charge is 2.36. The predicted molar refractivity (Wildman–Crippen MR) is 384 cm³/mol. The Hall–Kier alpha value is -11.8.